The van der Waals surface area contributed by atoms with E-state index >= 15 is 0 Å². The van der Waals surface area contributed by atoms with Crippen LogP contribution in [0.1, 0.15) is 31.7 Å². The molecule has 1 N–H and O–H groups in total. The first-order valence-corrected chi connectivity index (χ1v) is 6.52. The molecule has 1 aliphatic heterocycles. The van der Waals surface area contributed by atoms with Crippen molar-refractivity contribution in [1.29, 1.82) is 0 Å². The number of halogens is 2. The number of hydrogen-bond donors (Lipinski definition) is 1. The van der Waals surface area contributed by atoms with E-state index in [4.69, 9.17) is 0 Å². The second-order valence-electron chi connectivity index (χ2n) is 4.98. The van der Waals surface area contributed by atoms with Crippen molar-refractivity contribution in [3.63, 3.8) is 0 Å². The third kappa shape index (κ3) is 2.64. The summed E-state index contributed by atoms with van der Waals surface area (Å²) in [6.07, 6.45) is 3.14. The molecule has 18 heavy (non-hydrogen) atoms. The smallest absolute Gasteiger partial charge is 0.149 e. The average Bonchev–Trinajstić information content (AvgIpc) is 2.31. The zero-order valence-electron chi connectivity index (χ0n) is 11.0. The van der Waals surface area contributed by atoms with Gasteiger partial charge in [-0.2, -0.15) is 0 Å². The maximum absolute atomic E-state index is 14.1. The van der Waals surface area contributed by atoms with Gasteiger partial charge < -0.3 is 10.2 Å². The van der Waals surface area contributed by atoms with Gasteiger partial charge in [0.2, 0.25) is 0 Å². The Kier molecular flexibility index (Phi) is 4.17. The lowest BCUT2D eigenvalue weighted by molar-refractivity contribution is 0.463. The predicted octanol–water partition coefficient (Wildman–Crippen LogP) is 3.06. The van der Waals surface area contributed by atoms with Gasteiger partial charge >= 0.3 is 0 Å². The fourth-order valence-electron chi connectivity index (χ4n) is 2.63. The minimum atomic E-state index is -0.450. The third-order valence-corrected chi connectivity index (χ3v) is 3.55. The molecule has 0 aromatic heterocycles. The SMILES string of the molecule is CNCc1cc(F)c(N2CCCCC2C)c(F)c1. The van der Waals surface area contributed by atoms with Crippen LogP contribution in [0.4, 0.5) is 14.5 Å². The number of benzene rings is 1. The van der Waals surface area contributed by atoms with Crippen LogP contribution in [0.25, 0.3) is 0 Å². The Bertz CT molecular complexity index is 397. The Morgan fingerprint density at radius 3 is 2.50 bits per heavy atom. The zero-order chi connectivity index (χ0) is 13.1. The fourth-order valence-corrected chi connectivity index (χ4v) is 2.63. The normalized spacial score (nSPS) is 20.2. The molecule has 1 aromatic rings. The van der Waals surface area contributed by atoms with Gasteiger partial charge in [0.15, 0.2) is 0 Å². The Hall–Kier alpha value is -1.16. The van der Waals surface area contributed by atoms with E-state index in [0.29, 0.717) is 12.1 Å². The summed E-state index contributed by atoms with van der Waals surface area (Å²) in [5.74, 6) is -0.900. The molecule has 4 heteroatoms. The Balaban J connectivity index is 2.32. The van der Waals surface area contributed by atoms with Crippen LogP contribution in [0.3, 0.4) is 0 Å². The first-order chi connectivity index (χ1) is 8.63. The summed E-state index contributed by atoms with van der Waals surface area (Å²) in [4.78, 5) is 1.86. The molecule has 1 saturated heterocycles. The van der Waals surface area contributed by atoms with Crippen LogP contribution in [0.5, 0.6) is 0 Å². The van der Waals surface area contributed by atoms with Crippen molar-refractivity contribution >= 4 is 5.69 Å². The number of nitrogens with one attached hydrogen (secondary N) is 1. The average molecular weight is 254 g/mol. The Morgan fingerprint density at radius 1 is 1.28 bits per heavy atom. The van der Waals surface area contributed by atoms with E-state index < -0.39 is 11.6 Å². The Morgan fingerprint density at radius 2 is 1.94 bits per heavy atom. The number of anilines is 1. The monoisotopic (exact) mass is 254 g/mol. The molecule has 1 aromatic carbocycles. The topological polar surface area (TPSA) is 15.3 Å². The highest BCUT2D eigenvalue weighted by Crippen LogP contribution is 2.30. The van der Waals surface area contributed by atoms with Gasteiger partial charge in [0.1, 0.15) is 17.3 Å². The molecule has 0 radical (unpaired) electrons. The molecule has 100 valence electrons. The van der Waals surface area contributed by atoms with E-state index in [-0.39, 0.29) is 11.7 Å². The van der Waals surface area contributed by atoms with Crippen molar-refractivity contribution in [2.24, 2.45) is 0 Å². The van der Waals surface area contributed by atoms with Crippen LogP contribution in [-0.2, 0) is 6.54 Å². The second kappa shape index (κ2) is 5.65. The lowest BCUT2D eigenvalue weighted by atomic mass is 10.0. The number of piperidine rings is 1. The number of hydrogen-bond acceptors (Lipinski definition) is 2. The van der Waals surface area contributed by atoms with Crippen molar-refractivity contribution in [2.45, 2.75) is 38.8 Å². The van der Waals surface area contributed by atoms with E-state index in [9.17, 15) is 8.78 Å². The lowest BCUT2D eigenvalue weighted by Gasteiger charge is -2.35. The number of rotatable bonds is 3. The standard InChI is InChI=1S/C14H20F2N2/c1-10-5-3-4-6-18(10)14-12(15)7-11(9-17-2)8-13(14)16/h7-8,10,17H,3-6,9H2,1-2H3. The van der Waals surface area contributed by atoms with Gasteiger partial charge in [0, 0.05) is 19.1 Å². The highest BCUT2D eigenvalue weighted by atomic mass is 19.1. The molecule has 1 atom stereocenters. The van der Waals surface area contributed by atoms with E-state index in [1.165, 1.54) is 12.1 Å². The van der Waals surface area contributed by atoms with Crippen LogP contribution in [0.2, 0.25) is 0 Å². The molecule has 1 aliphatic rings. The maximum atomic E-state index is 14.1. The van der Waals surface area contributed by atoms with Crippen molar-refractivity contribution in [3.05, 3.63) is 29.3 Å². The van der Waals surface area contributed by atoms with E-state index in [0.717, 1.165) is 25.8 Å². The van der Waals surface area contributed by atoms with Crippen molar-refractivity contribution in [1.82, 2.24) is 5.32 Å². The summed E-state index contributed by atoms with van der Waals surface area (Å²) < 4.78 is 28.2. The van der Waals surface area contributed by atoms with Crippen LogP contribution in [0.15, 0.2) is 12.1 Å². The van der Waals surface area contributed by atoms with Crippen molar-refractivity contribution in [2.75, 3.05) is 18.5 Å². The molecule has 0 bridgehead atoms. The van der Waals surface area contributed by atoms with Crippen LogP contribution < -0.4 is 10.2 Å². The predicted molar refractivity (Wildman–Crippen MR) is 69.8 cm³/mol. The summed E-state index contributed by atoms with van der Waals surface area (Å²) in [7, 11) is 1.76. The van der Waals surface area contributed by atoms with Crippen LogP contribution in [0, 0.1) is 11.6 Å². The van der Waals surface area contributed by atoms with Gasteiger partial charge in [0.25, 0.3) is 0 Å². The minimum absolute atomic E-state index is 0.141. The second-order valence-corrected chi connectivity index (χ2v) is 4.98. The molecule has 2 nitrogen and oxygen atoms in total. The van der Waals surface area contributed by atoms with Gasteiger partial charge in [-0.15, -0.1) is 0 Å². The summed E-state index contributed by atoms with van der Waals surface area (Å²) in [6.45, 7) is 3.24. The molecule has 0 aliphatic carbocycles. The van der Waals surface area contributed by atoms with Crippen LogP contribution >= 0.6 is 0 Å². The van der Waals surface area contributed by atoms with E-state index in [2.05, 4.69) is 5.32 Å². The highest BCUT2D eigenvalue weighted by Gasteiger charge is 2.24. The largest absolute Gasteiger partial charge is 0.364 e. The molecular formula is C14H20F2N2. The zero-order valence-corrected chi connectivity index (χ0v) is 11.0. The summed E-state index contributed by atoms with van der Waals surface area (Å²) in [5, 5.41) is 2.90. The molecule has 0 spiro atoms. The summed E-state index contributed by atoms with van der Waals surface area (Å²) in [6, 6.07) is 3.06. The summed E-state index contributed by atoms with van der Waals surface area (Å²) >= 11 is 0. The highest BCUT2D eigenvalue weighted by molar-refractivity contribution is 5.51. The van der Waals surface area contributed by atoms with E-state index in [1.807, 2.05) is 11.8 Å². The molecule has 0 amide bonds. The maximum Gasteiger partial charge on any atom is 0.149 e. The van der Waals surface area contributed by atoms with Gasteiger partial charge in [-0.1, -0.05) is 0 Å². The molecule has 1 unspecified atom stereocenters. The number of nitrogens with zero attached hydrogens (tertiary/aromatic N) is 1. The van der Waals surface area contributed by atoms with Crippen LogP contribution in [-0.4, -0.2) is 19.6 Å². The molecule has 2 rings (SSSR count). The van der Waals surface area contributed by atoms with Crippen molar-refractivity contribution in [3.8, 4) is 0 Å². The first-order valence-electron chi connectivity index (χ1n) is 6.52. The van der Waals surface area contributed by atoms with Gasteiger partial charge in [-0.3, -0.25) is 0 Å². The summed E-state index contributed by atoms with van der Waals surface area (Å²) in [5.41, 5.74) is 0.781. The molecular weight excluding hydrogens is 234 g/mol. The lowest BCUT2D eigenvalue weighted by Crippen LogP contribution is -2.38. The Labute approximate surface area is 107 Å². The third-order valence-electron chi connectivity index (χ3n) is 3.55. The van der Waals surface area contributed by atoms with Gasteiger partial charge in [0.05, 0.1) is 0 Å². The van der Waals surface area contributed by atoms with Gasteiger partial charge in [-0.25, -0.2) is 8.78 Å². The van der Waals surface area contributed by atoms with Gasteiger partial charge in [-0.05, 0) is 50.9 Å². The van der Waals surface area contributed by atoms with Crippen molar-refractivity contribution < 1.29 is 8.78 Å². The first kappa shape index (κ1) is 13.3. The molecule has 1 heterocycles. The minimum Gasteiger partial charge on any atom is -0.364 e. The fraction of sp³-hybridized carbons (Fsp3) is 0.571. The quantitative estimate of drug-likeness (QED) is 0.891. The molecule has 0 saturated carbocycles. The van der Waals surface area contributed by atoms with E-state index in [1.54, 1.807) is 7.05 Å². The molecule has 1 fully saturated rings.